The highest BCUT2D eigenvalue weighted by atomic mass is 19.4. The molecular formula is C19H20F3N3O2. The summed E-state index contributed by atoms with van der Waals surface area (Å²) < 4.78 is 42.0. The van der Waals surface area contributed by atoms with Gasteiger partial charge in [-0.2, -0.15) is 18.2 Å². The molecule has 2 heterocycles. The third-order valence-corrected chi connectivity index (χ3v) is 5.56. The van der Waals surface area contributed by atoms with E-state index >= 15 is 0 Å². The molecule has 0 bridgehead atoms. The molecule has 8 heteroatoms. The molecule has 27 heavy (non-hydrogen) atoms. The highest BCUT2D eigenvalue weighted by molar-refractivity contribution is 5.95. The Morgan fingerprint density at radius 3 is 2.48 bits per heavy atom. The lowest BCUT2D eigenvalue weighted by Crippen LogP contribution is -2.49. The van der Waals surface area contributed by atoms with Crippen molar-refractivity contribution in [2.24, 2.45) is 5.92 Å². The molecule has 2 aromatic rings. The lowest BCUT2D eigenvalue weighted by molar-refractivity contribution is -0.159. The smallest absolute Gasteiger partial charge is 0.335 e. The number of piperidine rings is 1. The Morgan fingerprint density at radius 2 is 1.78 bits per heavy atom. The van der Waals surface area contributed by atoms with Gasteiger partial charge in [-0.05, 0) is 43.7 Å². The number of hydrogen-bond donors (Lipinski definition) is 0. The molecule has 0 unspecified atom stereocenters. The molecule has 0 N–H and O–H groups in total. The number of carbonyl (C=O) groups is 1. The number of likely N-dealkylation sites (tertiary alicyclic amines) is 1. The minimum absolute atomic E-state index is 0.0118. The van der Waals surface area contributed by atoms with Crippen LogP contribution in [0.5, 0.6) is 0 Å². The van der Waals surface area contributed by atoms with Crippen LogP contribution in [0.25, 0.3) is 11.4 Å². The number of hydrogen-bond acceptors (Lipinski definition) is 4. The Balaban J connectivity index is 1.51. The van der Waals surface area contributed by atoms with E-state index in [0.29, 0.717) is 23.1 Å². The highest BCUT2D eigenvalue weighted by Gasteiger charge is 2.39. The zero-order chi connectivity index (χ0) is 19.0. The summed E-state index contributed by atoms with van der Waals surface area (Å²) in [6, 6.07) is 6.66. The molecule has 1 aromatic carbocycles. The number of halogens is 3. The number of aromatic nitrogens is 2. The van der Waals surface area contributed by atoms with Crippen LogP contribution in [-0.2, 0) is 6.18 Å². The van der Waals surface area contributed by atoms with Gasteiger partial charge in [0.1, 0.15) is 0 Å². The molecule has 0 spiro atoms. The molecule has 2 atom stereocenters. The van der Waals surface area contributed by atoms with Gasteiger partial charge >= 0.3 is 12.1 Å². The van der Waals surface area contributed by atoms with Crippen molar-refractivity contribution < 1.29 is 22.5 Å². The third-order valence-electron chi connectivity index (χ3n) is 5.56. The standard InChI is InChI=1S/C19H20F3N3O2/c20-19(21,22)18-23-16(24-27-18)13-7-9-14(10-8-13)17(26)25-11-3-5-12-4-1-2-6-15(12)25/h7-10,12,15H,1-6,11H2/t12-,15+/m1/s1. The first-order valence-corrected chi connectivity index (χ1v) is 9.26. The van der Waals surface area contributed by atoms with Crippen molar-refractivity contribution in [1.82, 2.24) is 15.0 Å². The molecule has 1 aromatic heterocycles. The summed E-state index contributed by atoms with van der Waals surface area (Å²) in [5, 5.41) is 3.37. The number of rotatable bonds is 2. The minimum Gasteiger partial charge on any atom is -0.335 e. The van der Waals surface area contributed by atoms with Crippen LogP contribution in [0.4, 0.5) is 13.2 Å². The predicted octanol–water partition coefficient (Wildman–Crippen LogP) is 4.55. The van der Waals surface area contributed by atoms with E-state index in [2.05, 4.69) is 14.7 Å². The molecular weight excluding hydrogens is 359 g/mol. The summed E-state index contributed by atoms with van der Waals surface area (Å²) in [5.74, 6) is -0.945. The molecule has 2 aliphatic rings. The Labute approximate surface area is 154 Å². The Bertz CT molecular complexity index is 814. The van der Waals surface area contributed by atoms with E-state index in [4.69, 9.17) is 0 Å². The Morgan fingerprint density at radius 1 is 1.07 bits per heavy atom. The molecule has 1 saturated carbocycles. The van der Waals surface area contributed by atoms with Crippen molar-refractivity contribution in [3.63, 3.8) is 0 Å². The first kappa shape index (κ1) is 18.0. The molecule has 1 aliphatic carbocycles. The van der Waals surface area contributed by atoms with Crippen molar-refractivity contribution in [2.75, 3.05) is 6.54 Å². The SMILES string of the molecule is O=C(c1ccc(-c2noc(C(F)(F)F)n2)cc1)N1CCC[C@H]2CCCC[C@@H]21. The normalized spacial score (nSPS) is 23.1. The maximum Gasteiger partial charge on any atom is 0.471 e. The quantitative estimate of drug-likeness (QED) is 0.768. The van der Waals surface area contributed by atoms with Crippen molar-refractivity contribution in [3.05, 3.63) is 35.7 Å². The second kappa shape index (κ2) is 6.98. The molecule has 144 valence electrons. The lowest BCUT2D eigenvalue weighted by Gasteiger charge is -2.44. The molecule has 2 fully saturated rings. The summed E-state index contributed by atoms with van der Waals surface area (Å²) in [6.45, 7) is 0.765. The van der Waals surface area contributed by atoms with Gasteiger partial charge in [0.05, 0.1) is 0 Å². The van der Waals surface area contributed by atoms with Gasteiger partial charge < -0.3 is 9.42 Å². The average molecular weight is 379 g/mol. The number of benzene rings is 1. The lowest BCUT2D eigenvalue weighted by atomic mass is 9.78. The fraction of sp³-hybridized carbons (Fsp3) is 0.526. The molecule has 1 saturated heterocycles. The van der Waals surface area contributed by atoms with Crippen LogP contribution >= 0.6 is 0 Å². The Kier molecular flexibility index (Phi) is 4.65. The van der Waals surface area contributed by atoms with Gasteiger partial charge in [0.2, 0.25) is 5.82 Å². The van der Waals surface area contributed by atoms with Gasteiger partial charge in [-0.1, -0.05) is 30.1 Å². The van der Waals surface area contributed by atoms with E-state index in [1.807, 2.05) is 4.90 Å². The van der Waals surface area contributed by atoms with Crippen molar-refractivity contribution in [2.45, 2.75) is 50.7 Å². The van der Waals surface area contributed by atoms with Gasteiger partial charge in [-0.3, -0.25) is 4.79 Å². The topological polar surface area (TPSA) is 59.2 Å². The molecule has 5 nitrogen and oxygen atoms in total. The largest absolute Gasteiger partial charge is 0.471 e. The zero-order valence-electron chi connectivity index (χ0n) is 14.7. The highest BCUT2D eigenvalue weighted by Crippen LogP contribution is 2.36. The van der Waals surface area contributed by atoms with Gasteiger partial charge in [-0.15, -0.1) is 0 Å². The van der Waals surface area contributed by atoms with Crippen molar-refractivity contribution in [3.8, 4) is 11.4 Å². The fourth-order valence-corrected chi connectivity index (χ4v) is 4.26. The van der Waals surface area contributed by atoms with Crippen LogP contribution in [-0.4, -0.2) is 33.5 Å². The summed E-state index contributed by atoms with van der Waals surface area (Å²) in [5.41, 5.74) is 0.907. The second-order valence-electron chi connectivity index (χ2n) is 7.25. The summed E-state index contributed by atoms with van der Waals surface area (Å²) in [6.07, 6.45) is 2.17. The monoisotopic (exact) mass is 379 g/mol. The molecule has 1 aliphatic heterocycles. The van der Waals surface area contributed by atoms with E-state index in [-0.39, 0.29) is 11.7 Å². The van der Waals surface area contributed by atoms with Crippen LogP contribution in [0, 0.1) is 5.92 Å². The van der Waals surface area contributed by atoms with Crippen LogP contribution in [0.15, 0.2) is 28.8 Å². The van der Waals surface area contributed by atoms with Crippen molar-refractivity contribution in [1.29, 1.82) is 0 Å². The van der Waals surface area contributed by atoms with Gasteiger partial charge in [0.15, 0.2) is 0 Å². The number of nitrogens with zero attached hydrogens (tertiary/aromatic N) is 3. The van der Waals surface area contributed by atoms with E-state index in [1.165, 1.54) is 19.3 Å². The maximum atomic E-state index is 13.0. The van der Waals surface area contributed by atoms with E-state index in [0.717, 1.165) is 25.8 Å². The number of alkyl halides is 3. The fourth-order valence-electron chi connectivity index (χ4n) is 4.26. The molecule has 0 radical (unpaired) electrons. The zero-order valence-corrected chi connectivity index (χ0v) is 14.7. The minimum atomic E-state index is -4.67. The van der Waals surface area contributed by atoms with E-state index in [9.17, 15) is 18.0 Å². The van der Waals surface area contributed by atoms with Gasteiger partial charge in [0.25, 0.3) is 5.91 Å². The van der Waals surface area contributed by atoms with E-state index < -0.39 is 12.1 Å². The summed E-state index contributed by atoms with van der Waals surface area (Å²) in [4.78, 5) is 18.3. The third kappa shape index (κ3) is 3.57. The van der Waals surface area contributed by atoms with Crippen LogP contribution < -0.4 is 0 Å². The van der Waals surface area contributed by atoms with Gasteiger partial charge in [0, 0.05) is 23.7 Å². The summed E-state index contributed by atoms with van der Waals surface area (Å²) >= 11 is 0. The first-order chi connectivity index (χ1) is 12.9. The van der Waals surface area contributed by atoms with Crippen LogP contribution in [0.3, 0.4) is 0 Å². The number of fused-ring (bicyclic) bond motifs is 1. The first-order valence-electron chi connectivity index (χ1n) is 9.26. The molecule has 1 amide bonds. The van der Waals surface area contributed by atoms with E-state index in [1.54, 1.807) is 24.3 Å². The Hall–Kier alpha value is -2.38. The number of amides is 1. The molecule has 4 rings (SSSR count). The van der Waals surface area contributed by atoms with Crippen LogP contribution in [0.1, 0.15) is 54.8 Å². The maximum absolute atomic E-state index is 13.0. The van der Waals surface area contributed by atoms with Crippen molar-refractivity contribution >= 4 is 5.91 Å². The van der Waals surface area contributed by atoms with Crippen LogP contribution in [0.2, 0.25) is 0 Å². The summed E-state index contributed by atoms with van der Waals surface area (Å²) in [7, 11) is 0. The second-order valence-corrected chi connectivity index (χ2v) is 7.25. The predicted molar refractivity (Wildman–Crippen MR) is 90.8 cm³/mol. The average Bonchev–Trinajstić information content (AvgIpc) is 3.18. The number of carbonyl (C=O) groups excluding carboxylic acids is 1. The van der Waals surface area contributed by atoms with Gasteiger partial charge in [-0.25, -0.2) is 0 Å².